The number of ketones is 1. The maximum atomic E-state index is 13.4. The van der Waals surface area contributed by atoms with E-state index in [1.807, 2.05) is 0 Å². The topological polar surface area (TPSA) is 106 Å². The second kappa shape index (κ2) is 10.0. The number of aromatic hydroxyl groups is 1. The molecule has 36 heavy (non-hydrogen) atoms. The van der Waals surface area contributed by atoms with Crippen LogP contribution >= 0.6 is 23.2 Å². The minimum absolute atomic E-state index is 0.0865. The van der Waals surface area contributed by atoms with Crippen LogP contribution in [0.2, 0.25) is 10.0 Å². The number of phenolic OH excluding ortho intramolecular Hbond substituents is 1. The third-order valence-electron chi connectivity index (χ3n) is 5.77. The van der Waals surface area contributed by atoms with Crippen molar-refractivity contribution in [2.75, 3.05) is 26.2 Å². The Labute approximate surface area is 216 Å². The molecule has 0 saturated carbocycles. The molecule has 0 aliphatic carbocycles. The molecule has 1 heterocycles. The molecule has 4 rings (SSSR count). The van der Waals surface area contributed by atoms with Crippen LogP contribution in [0.5, 0.6) is 23.0 Å². The summed E-state index contributed by atoms with van der Waals surface area (Å²) in [5.41, 5.74) is 0.536. The molecule has 0 aromatic heterocycles. The van der Waals surface area contributed by atoms with Crippen LogP contribution in [-0.2, 0) is 9.59 Å². The van der Waals surface area contributed by atoms with E-state index in [1.165, 1.54) is 56.6 Å². The molecule has 1 unspecified atom stereocenters. The van der Waals surface area contributed by atoms with E-state index in [4.69, 9.17) is 37.4 Å². The minimum Gasteiger partial charge on any atom is -0.508 e. The molecular formula is C26H21Cl2NO7. The predicted molar refractivity (Wildman–Crippen MR) is 135 cm³/mol. The Bertz CT molecular complexity index is 1400. The Balaban J connectivity index is 2.00. The van der Waals surface area contributed by atoms with E-state index in [9.17, 15) is 19.8 Å². The normalized spacial score (nSPS) is 16.8. The monoisotopic (exact) mass is 529 g/mol. The largest absolute Gasteiger partial charge is 0.508 e. The summed E-state index contributed by atoms with van der Waals surface area (Å²) in [7, 11) is 4.23. The lowest BCUT2D eigenvalue weighted by Crippen LogP contribution is -2.29. The number of anilines is 1. The number of phenols is 1. The third kappa shape index (κ3) is 4.29. The van der Waals surface area contributed by atoms with Gasteiger partial charge in [0.2, 0.25) is 0 Å². The van der Waals surface area contributed by atoms with Gasteiger partial charge >= 0.3 is 0 Å². The van der Waals surface area contributed by atoms with Crippen molar-refractivity contribution in [1.82, 2.24) is 0 Å². The molecule has 8 nitrogen and oxygen atoms in total. The fourth-order valence-corrected chi connectivity index (χ4v) is 4.59. The summed E-state index contributed by atoms with van der Waals surface area (Å²) in [6.07, 6.45) is 0. The molecule has 0 spiro atoms. The highest BCUT2D eigenvalue weighted by molar-refractivity contribution is 6.52. The van der Waals surface area contributed by atoms with E-state index in [2.05, 4.69) is 0 Å². The van der Waals surface area contributed by atoms with Gasteiger partial charge in [0.1, 0.15) is 28.8 Å². The Morgan fingerprint density at radius 3 is 2.14 bits per heavy atom. The number of hydrogen-bond donors (Lipinski definition) is 2. The van der Waals surface area contributed by atoms with Crippen LogP contribution in [0.4, 0.5) is 5.69 Å². The van der Waals surface area contributed by atoms with E-state index >= 15 is 0 Å². The lowest BCUT2D eigenvalue weighted by Gasteiger charge is -2.26. The minimum atomic E-state index is -1.10. The zero-order valence-electron chi connectivity index (χ0n) is 19.4. The van der Waals surface area contributed by atoms with Crippen LogP contribution in [0.25, 0.3) is 5.76 Å². The first-order valence-electron chi connectivity index (χ1n) is 10.6. The van der Waals surface area contributed by atoms with Gasteiger partial charge in [0.15, 0.2) is 0 Å². The Morgan fingerprint density at radius 2 is 1.53 bits per heavy atom. The Hall–Kier alpha value is -3.88. The molecule has 1 fully saturated rings. The fourth-order valence-electron chi connectivity index (χ4n) is 4.10. The molecule has 1 aliphatic rings. The van der Waals surface area contributed by atoms with E-state index in [0.717, 1.165) is 0 Å². The number of ether oxygens (including phenoxy) is 3. The standard InChI is InChI=1S/C26H21Cl2NO7/c1-34-19-8-7-14(10-17(19)27)29-23(13-5-4-6-15(30)9-13)22(25(32)26(29)33)24(31)16-11-21(36-3)18(28)12-20(16)35-2/h4-12,23,30-31H,1-3H3/b24-22+. The summed E-state index contributed by atoms with van der Waals surface area (Å²) in [5, 5.41) is 22.0. The molecule has 10 heteroatoms. The highest BCUT2D eigenvalue weighted by Gasteiger charge is 2.47. The SMILES string of the molecule is COc1ccc(N2C(=O)C(=O)/C(=C(/O)c3cc(OC)c(Cl)cc3OC)C2c2cccc(O)c2)cc1Cl. The predicted octanol–water partition coefficient (Wildman–Crippen LogP) is 5.35. The number of hydrogen-bond acceptors (Lipinski definition) is 7. The molecule has 1 saturated heterocycles. The highest BCUT2D eigenvalue weighted by Crippen LogP contribution is 2.46. The van der Waals surface area contributed by atoms with Crippen LogP contribution in [0.1, 0.15) is 17.2 Å². The van der Waals surface area contributed by atoms with Gasteiger partial charge in [-0.25, -0.2) is 0 Å². The third-order valence-corrected chi connectivity index (χ3v) is 6.36. The van der Waals surface area contributed by atoms with E-state index in [-0.39, 0.29) is 44.1 Å². The van der Waals surface area contributed by atoms with Gasteiger partial charge in [0.05, 0.1) is 48.6 Å². The van der Waals surface area contributed by atoms with Crippen molar-refractivity contribution in [1.29, 1.82) is 0 Å². The Kier molecular flexibility index (Phi) is 7.01. The molecule has 3 aromatic rings. The first-order chi connectivity index (χ1) is 17.2. The van der Waals surface area contributed by atoms with Gasteiger partial charge in [0.25, 0.3) is 11.7 Å². The zero-order valence-corrected chi connectivity index (χ0v) is 20.9. The molecule has 1 aliphatic heterocycles. The molecular weight excluding hydrogens is 509 g/mol. The first kappa shape index (κ1) is 25.2. The summed E-state index contributed by atoms with van der Waals surface area (Å²) >= 11 is 12.5. The quantitative estimate of drug-likeness (QED) is 0.252. The highest BCUT2D eigenvalue weighted by atomic mass is 35.5. The van der Waals surface area contributed by atoms with Gasteiger partial charge in [-0.15, -0.1) is 0 Å². The second-order valence-corrected chi connectivity index (χ2v) is 8.58. The second-order valence-electron chi connectivity index (χ2n) is 7.77. The van der Waals surface area contributed by atoms with Crippen molar-refractivity contribution in [2.45, 2.75) is 6.04 Å². The molecule has 0 radical (unpaired) electrons. The molecule has 1 amide bonds. The molecule has 186 valence electrons. The summed E-state index contributed by atoms with van der Waals surface area (Å²) < 4.78 is 15.8. The van der Waals surface area contributed by atoms with Crippen molar-refractivity contribution < 1.29 is 34.0 Å². The average molecular weight is 530 g/mol. The average Bonchev–Trinajstić information content (AvgIpc) is 3.13. The molecule has 2 N–H and O–H groups in total. The first-order valence-corrected chi connectivity index (χ1v) is 11.3. The van der Waals surface area contributed by atoms with Gasteiger partial charge in [-0.3, -0.25) is 14.5 Å². The Morgan fingerprint density at radius 1 is 0.861 bits per heavy atom. The summed E-state index contributed by atoms with van der Waals surface area (Å²) in [5.74, 6) is -1.67. The number of nitrogens with zero attached hydrogens (tertiary/aromatic N) is 1. The van der Waals surface area contributed by atoms with E-state index in [1.54, 1.807) is 24.3 Å². The lowest BCUT2D eigenvalue weighted by atomic mass is 9.94. The van der Waals surface area contributed by atoms with Crippen LogP contribution < -0.4 is 19.1 Å². The van der Waals surface area contributed by atoms with Crippen molar-refractivity contribution >= 4 is 46.3 Å². The van der Waals surface area contributed by atoms with Crippen LogP contribution in [0.15, 0.2) is 60.2 Å². The number of aliphatic hydroxyl groups is 1. The van der Waals surface area contributed by atoms with Gasteiger partial charge in [-0.05, 0) is 42.0 Å². The maximum Gasteiger partial charge on any atom is 0.300 e. The molecule has 0 bridgehead atoms. The van der Waals surface area contributed by atoms with Gasteiger partial charge in [-0.2, -0.15) is 0 Å². The number of benzene rings is 3. The number of Topliss-reactive ketones (excluding diaryl/α,β-unsaturated/α-hetero) is 1. The van der Waals surface area contributed by atoms with Crippen molar-refractivity contribution in [2.24, 2.45) is 0 Å². The maximum absolute atomic E-state index is 13.4. The molecule has 3 aromatic carbocycles. The summed E-state index contributed by atoms with van der Waals surface area (Å²) in [6, 6.07) is 12.4. The van der Waals surface area contributed by atoms with Crippen LogP contribution in [0, 0.1) is 0 Å². The van der Waals surface area contributed by atoms with Crippen molar-refractivity contribution in [3.05, 3.63) is 81.3 Å². The van der Waals surface area contributed by atoms with E-state index < -0.39 is 23.5 Å². The van der Waals surface area contributed by atoms with Gasteiger partial charge in [-0.1, -0.05) is 35.3 Å². The fraction of sp³-hybridized carbons (Fsp3) is 0.154. The van der Waals surface area contributed by atoms with Gasteiger partial charge < -0.3 is 24.4 Å². The molecule has 1 atom stereocenters. The smallest absolute Gasteiger partial charge is 0.300 e. The van der Waals surface area contributed by atoms with Gasteiger partial charge in [0, 0.05) is 11.8 Å². The lowest BCUT2D eigenvalue weighted by molar-refractivity contribution is -0.132. The number of methoxy groups -OCH3 is 3. The summed E-state index contributed by atoms with van der Waals surface area (Å²) in [6.45, 7) is 0. The number of amides is 1. The van der Waals surface area contributed by atoms with Crippen molar-refractivity contribution in [3.63, 3.8) is 0 Å². The van der Waals surface area contributed by atoms with Crippen molar-refractivity contribution in [3.8, 4) is 23.0 Å². The summed E-state index contributed by atoms with van der Waals surface area (Å²) in [4.78, 5) is 27.9. The number of aliphatic hydroxyl groups excluding tert-OH is 1. The number of rotatable bonds is 6. The zero-order chi connectivity index (χ0) is 26.1. The van der Waals surface area contributed by atoms with Crippen LogP contribution in [-0.4, -0.2) is 43.2 Å². The van der Waals surface area contributed by atoms with E-state index in [0.29, 0.717) is 11.3 Å². The van der Waals surface area contributed by atoms with Crippen LogP contribution in [0.3, 0.4) is 0 Å². The number of carbonyl (C=O) groups excluding carboxylic acids is 2. The number of halogens is 2. The number of carbonyl (C=O) groups is 2.